The normalized spacial score (nSPS) is 11.9. The smallest absolute Gasteiger partial charge is 0.182 e. The number of hydrogen-bond donors (Lipinski definition) is 1. The summed E-state index contributed by atoms with van der Waals surface area (Å²) in [6, 6.07) is 7.77. The van der Waals surface area contributed by atoms with Crippen LogP contribution in [0.4, 0.5) is 0 Å². The van der Waals surface area contributed by atoms with E-state index >= 15 is 0 Å². The van der Waals surface area contributed by atoms with E-state index in [2.05, 4.69) is 19.9 Å². The number of carbonyl (C=O) groups is 1. The first kappa shape index (κ1) is 12.9. The third kappa shape index (κ3) is 3.46. The molecule has 0 aliphatic heterocycles. The van der Waals surface area contributed by atoms with Gasteiger partial charge in [-0.2, -0.15) is 0 Å². The van der Waals surface area contributed by atoms with Crippen molar-refractivity contribution in [3.05, 3.63) is 35.4 Å². The summed E-state index contributed by atoms with van der Waals surface area (Å²) in [5.74, 6) is 0.592. The Kier molecular flexibility index (Phi) is 3.87. The van der Waals surface area contributed by atoms with Gasteiger partial charge >= 0.3 is 0 Å². The molecule has 0 fully saturated rings. The van der Waals surface area contributed by atoms with Gasteiger partial charge < -0.3 is 5.73 Å². The largest absolute Gasteiger partial charge is 0.319 e. The molecule has 2 heteroatoms. The van der Waals surface area contributed by atoms with Gasteiger partial charge in [-0.1, -0.05) is 32.0 Å². The number of ketones is 1. The summed E-state index contributed by atoms with van der Waals surface area (Å²) in [7, 11) is 0. The zero-order chi connectivity index (χ0) is 12.3. The lowest BCUT2D eigenvalue weighted by Crippen LogP contribution is -2.41. The van der Waals surface area contributed by atoms with Gasteiger partial charge in [0.25, 0.3) is 0 Å². The van der Waals surface area contributed by atoms with Crippen molar-refractivity contribution in [1.82, 2.24) is 0 Å². The number of hydrogen-bond acceptors (Lipinski definition) is 2. The van der Waals surface area contributed by atoms with Gasteiger partial charge in [0, 0.05) is 5.56 Å². The van der Waals surface area contributed by atoms with E-state index in [0.29, 0.717) is 11.5 Å². The maximum atomic E-state index is 12.0. The average Bonchev–Trinajstić information content (AvgIpc) is 2.14. The highest BCUT2D eigenvalue weighted by molar-refractivity contribution is 6.02. The molecule has 0 unspecified atom stereocenters. The summed E-state index contributed by atoms with van der Waals surface area (Å²) < 4.78 is 0. The Morgan fingerprint density at radius 1 is 1.38 bits per heavy atom. The standard InChI is InChI=1S/C14H21NO/c1-10(2)8-11-6-5-7-12(9-11)13(16)14(3,4)15/h5-7,9-10H,8,15H2,1-4H3. The van der Waals surface area contributed by atoms with Crippen molar-refractivity contribution in [2.45, 2.75) is 39.7 Å². The highest BCUT2D eigenvalue weighted by Gasteiger charge is 2.23. The molecule has 0 amide bonds. The van der Waals surface area contributed by atoms with Crippen LogP contribution in [0.15, 0.2) is 24.3 Å². The zero-order valence-electron chi connectivity index (χ0n) is 10.6. The molecule has 1 rings (SSSR count). The lowest BCUT2D eigenvalue weighted by Gasteiger charge is -2.17. The number of benzene rings is 1. The van der Waals surface area contributed by atoms with Crippen molar-refractivity contribution < 1.29 is 4.79 Å². The maximum Gasteiger partial charge on any atom is 0.182 e. The molecule has 1 aromatic carbocycles. The van der Waals surface area contributed by atoms with E-state index in [4.69, 9.17) is 5.73 Å². The molecule has 0 radical (unpaired) electrons. The van der Waals surface area contributed by atoms with Gasteiger partial charge in [-0.05, 0) is 37.8 Å². The molecule has 0 aromatic heterocycles. The molecule has 0 aliphatic rings. The van der Waals surface area contributed by atoms with E-state index < -0.39 is 5.54 Å². The molecule has 0 heterocycles. The molecular weight excluding hydrogens is 198 g/mol. The molecule has 0 spiro atoms. The van der Waals surface area contributed by atoms with Crippen LogP contribution in [0.2, 0.25) is 0 Å². The third-order valence-corrected chi connectivity index (χ3v) is 2.42. The van der Waals surface area contributed by atoms with Gasteiger partial charge in [-0.3, -0.25) is 4.79 Å². The van der Waals surface area contributed by atoms with Crippen LogP contribution in [0.1, 0.15) is 43.6 Å². The molecule has 0 aliphatic carbocycles. The van der Waals surface area contributed by atoms with Crippen LogP contribution in [0.5, 0.6) is 0 Å². The molecule has 0 saturated heterocycles. The minimum atomic E-state index is -0.795. The van der Waals surface area contributed by atoms with Crippen molar-refractivity contribution in [2.24, 2.45) is 11.7 Å². The Labute approximate surface area is 97.9 Å². The quantitative estimate of drug-likeness (QED) is 0.791. The minimum absolute atomic E-state index is 0.00175. The molecule has 0 bridgehead atoms. The number of Topliss-reactive ketones (excluding diaryl/α,β-unsaturated/α-hetero) is 1. The van der Waals surface area contributed by atoms with Crippen molar-refractivity contribution >= 4 is 5.78 Å². The summed E-state index contributed by atoms with van der Waals surface area (Å²) in [6.07, 6.45) is 0.992. The highest BCUT2D eigenvalue weighted by atomic mass is 16.1. The molecule has 16 heavy (non-hydrogen) atoms. The van der Waals surface area contributed by atoms with Crippen LogP contribution < -0.4 is 5.73 Å². The van der Waals surface area contributed by atoms with E-state index in [-0.39, 0.29) is 5.78 Å². The van der Waals surface area contributed by atoms with Gasteiger partial charge in [-0.25, -0.2) is 0 Å². The second kappa shape index (κ2) is 4.79. The fourth-order valence-electron chi connectivity index (χ4n) is 1.68. The summed E-state index contributed by atoms with van der Waals surface area (Å²) >= 11 is 0. The molecule has 88 valence electrons. The monoisotopic (exact) mass is 219 g/mol. The minimum Gasteiger partial charge on any atom is -0.319 e. The Balaban J connectivity index is 2.95. The Morgan fingerprint density at radius 3 is 2.50 bits per heavy atom. The van der Waals surface area contributed by atoms with Crippen LogP contribution in [0, 0.1) is 5.92 Å². The van der Waals surface area contributed by atoms with E-state index in [1.54, 1.807) is 13.8 Å². The topological polar surface area (TPSA) is 43.1 Å². The van der Waals surface area contributed by atoms with Gasteiger partial charge in [-0.15, -0.1) is 0 Å². The first-order valence-electron chi connectivity index (χ1n) is 5.73. The van der Waals surface area contributed by atoms with E-state index in [1.807, 2.05) is 18.2 Å². The Hall–Kier alpha value is -1.15. The summed E-state index contributed by atoms with van der Waals surface area (Å²) in [6.45, 7) is 7.82. The lowest BCUT2D eigenvalue weighted by molar-refractivity contribution is 0.0913. The van der Waals surface area contributed by atoms with Crippen LogP contribution in [-0.2, 0) is 6.42 Å². The summed E-state index contributed by atoms with van der Waals surface area (Å²) in [5.41, 5.74) is 6.93. The molecule has 2 nitrogen and oxygen atoms in total. The predicted molar refractivity (Wildman–Crippen MR) is 67.6 cm³/mol. The van der Waals surface area contributed by atoms with E-state index in [1.165, 1.54) is 5.56 Å². The Morgan fingerprint density at radius 2 is 2.00 bits per heavy atom. The first-order chi connectivity index (χ1) is 7.30. The SMILES string of the molecule is CC(C)Cc1cccc(C(=O)C(C)(C)N)c1. The van der Waals surface area contributed by atoms with Gasteiger partial charge in [0.2, 0.25) is 0 Å². The molecule has 1 aromatic rings. The fourth-order valence-corrected chi connectivity index (χ4v) is 1.68. The average molecular weight is 219 g/mol. The second-order valence-electron chi connectivity index (χ2n) is 5.35. The molecule has 0 atom stereocenters. The van der Waals surface area contributed by atoms with Crippen molar-refractivity contribution in [1.29, 1.82) is 0 Å². The van der Waals surface area contributed by atoms with Crippen molar-refractivity contribution in [3.8, 4) is 0 Å². The summed E-state index contributed by atoms with van der Waals surface area (Å²) in [5, 5.41) is 0. The zero-order valence-corrected chi connectivity index (χ0v) is 10.6. The van der Waals surface area contributed by atoms with Crippen LogP contribution >= 0.6 is 0 Å². The first-order valence-corrected chi connectivity index (χ1v) is 5.73. The highest BCUT2D eigenvalue weighted by Crippen LogP contribution is 2.14. The maximum absolute atomic E-state index is 12.0. The van der Waals surface area contributed by atoms with Crippen molar-refractivity contribution in [2.75, 3.05) is 0 Å². The molecular formula is C14H21NO. The summed E-state index contributed by atoms with van der Waals surface area (Å²) in [4.78, 5) is 12.0. The van der Waals surface area contributed by atoms with Gasteiger partial charge in [0.05, 0.1) is 5.54 Å². The fraction of sp³-hybridized carbons (Fsp3) is 0.500. The van der Waals surface area contributed by atoms with Gasteiger partial charge in [0.15, 0.2) is 5.78 Å². The van der Waals surface area contributed by atoms with Crippen LogP contribution in [0.3, 0.4) is 0 Å². The van der Waals surface area contributed by atoms with Gasteiger partial charge in [0.1, 0.15) is 0 Å². The number of rotatable bonds is 4. The molecule has 2 N–H and O–H groups in total. The van der Waals surface area contributed by atoms with E-state index in [0.717, 1.165) is 6.42 Å². The van der Waals surface area contributed by atoms with Crippen LogP contribution in [0.25, 0.3) is 0 Å². The van der Waals surface area contributed by atoms with E-state index in [9.17, 15) is 4.79 Å². The second-order valence-corrected chi connectivity index (χ2v) is 5.35. The predicted octanol–water partition coefficient (Wildman–Crippen LogP) is 2.81. The lowest BCUT2D eigenvalue weighted by atomic mass is 9.92. The van der Waals surface area contributed by atoms with Crippen molar-refractivity contribution in [3.63, 3.8) is 0 Å². The Bertz CT molecular complexity index is 375. The molecule has 0 saturated carbocycles. The van der Waals surface area contributed by atoms with Crippen LogP contribution in [-0.4, -0.2) is 11.3 Å². The number of carbonyl (C=O) groups excluding carboxylic acids is 1. The third-order valence-electron chi connectivity index (χ3n) is 2.42. The number of nitrogens with two attached hydrogens (primary N) is 1.